The molecule has 0 saturated carbocycles. The highest BCUT2D eigenvalue weighted by Gasteiger charge is 2.32. The van der Waals surface area contributed by atoms with Crippen molar-refractivity contribution in [2.45, 2.75) is 33.2 Å². The molecule has 0 saturated heterocycles. The van der Waals surface area contributed by atoms with Gasteiger partial charge in [-0.25, -0.2) is 4.68 Å². The van der Waals surface area contributed by atoms with E-state index in [0.29, 0.717) is 5.56 Å². The van der Waals surface area contributed by atoms with Gasteiger partial charge in [0.25, 0.3) is 0 Å². The lowest BCUT2D eigenvalue weighted by Crippen LogP contribution is -2.29. The Morgan fingerprint density at radius 1 is 1.48 bits per heavy atom. The van der Waals surface area contributed by atoms with Crippen LogP contribution in [0.1, 0.15) is 33.2 Å². The quantitative estimate of drug-likeness (QED) is 0.871. The molecule has 1 unspecified atom stereocenters. The topological polar surface area (TPSA) is 114 Å². The zero-order valence-corrected chi connectivity index (χ0v) is 12.1. The molecule has 0 fully saturated rings. The maximum Gasteiger partial charge on any atom is 0.305 e. The Morgan fingerprint density at radius 2 is 2.19 bits per heavy atom. The number of hydrogen-bond donors (Lipinski definition) is 2. The number of nitrogens with one attached hydrogen (secondary N) is 1. The van der Waals surface area contributed by atoms with Gasteiger partial charge in [-0.15, -0.1) is 5.10 Å². The molecule has 2 heterocycles. The fourth-order valence-electron chi connectivity index (χ4n) is 2.10. The molecule has 8 heteroatoms. The lowest BCUT2D eigenvalue weighted by Gasteiger charge is -2.29. The average Bonchev–Trinajstić information content (AvgIpc) is 2.83. The first-order valence-electron chi connectivity index (χ1n) is 6.48. The number of carboxylic acid groups (broad SMARTS) is 1. The number of aromatic amines is 1. The van der Waals surface area contributed by atoms with Gasteiger partial charge >= 0.3 is 5.97 Å². The van der Waals surface area contributed by atoms with Crippen molar-refractivity contribution >= 4 is 5.97 Å². The Bertz CT molecular complexity index is 698. The largest absolute Gasteiger partial charge is 0.481 e. The molecule has 0 aliphatic rings. The van der Waals surface area contributed by atoms with Gasteiger partial charge in [-0.3, -0.25) is 9.59 Å². The van der Waals surface area contributed by atoms with Crippen LogP contribution >= 0.6 is 0 Å². The van der Waals surface area contributed by atoms with Crippen LogP contribution in [-0.4, -0.2) is 36.3 Å². The minimum atomic E-state index is -0.946. The second kappa shape index (κ2) is 5.47. The smallest absolute Gasteiger partial charge is 0.305 e. The van der Waals surface area contributed by atoms with Gasteiger partial charge in [0.15, 0.2) is 11.3 Å². The van der Waals surface area contributed by atoms with Crippen LogP contribution in [0.5, 0.6) is 0 Å². The van der Waals surface area contributed by atoms with E-state index in [1.807, 2.05) is 20.8 Å². The third-order valence-corrected chi connectivity index (χ3v) is 3.22. The zero-order chi connectivity index (χ0) is 15.6. The summed E-state index contributed by atoms with van der Waals surface area (Å²) < 4.78 is 1.42. The minimum absolute atomic E-state index is 0.133. The van der Waals surface area contributed by atoms with Crippen molar-refractivity contribution in [3.63, 3.8) is 0 Å². The molecule has 0 aromatic carbocycles. The molecule has 112 valence electrons. The number of tetrazole rings is 1. The van der Waals surface area contributed by atoms with Crippen molar-refractivity contribution < 1.29 is 9.90 Å². The highest BCUT2D eigenvalue weighted by Crippen LogP contribution is 2.34. The van der Waals surface area contributed by atoms with Crippen LogP contribution in [0.4, 0.5) is 0 Å². The van der Waals surface area contributed by atoms with Crippen LogP contribution in [0.25, 0.3) is 11.4 Å². The zero-order valence-electron chi connectivity index (χ0n) is 12.1. The van der Waals surface area contributed by atoms with E-state index in [4.69, 9.17) is 5.11 Å². The number of carbonyl (C=O) groups is 1. The van der Waals surface area contributed by atoms with Gasteiger partial charge < -0.3 is 10.1 Å². The molecule has 0 bridgehead atoms. The summed E-state index contributed by atoms with van der Waals surface area (Å²) in [4.78, 5) is 25.8. The molecule has 1 atom stereocenters. The van der Waals surface area contributed by atoms with Crippen molar-refractivity contribution in [3.8, 4) is 11.4 Å². The summed E-state index contributed by atoms with van der Waals surface area (Å²) in [5.41, 5.74) is -0.306. The van der Waals surface area contributed by atoms with E-state index in [0.717, 1.165) is 0 Å². The molecule has 0 spiro atoms. The molecule has 21 heavy (non-hydrogen) atoms. The highest BCUT2D eigenvalue weighted by atomic mass is 16.4. The highest BCUT2D eigenvalue weighted by molar-refractivity contribution is 5.67. The van der Waals surface area contributed by atoms with Gasteiger partial charge in [0.1, 0.15) is 0 Å². The third-order valence-electron chi connectivity index (χ3n) is 3.22. The second-order valence-electron chi connectivity index (χ2n) is 5.85. The average molecular weight is 291 g/mol. The van der Waals surface area contributed by atoms with Crippen molar-refractivity contribution in [2.75, 3.05) is 0 Å². The number of nitrogens with zero attached hydrogens (tertiary/aromatic N) is 4. The molecule has 0 aliphatic heterocycles. The van der Waals surface area contributed by atoms with Gasteiger partial charge in [0.2, 0.25) is 0 Å². The summed E-state index contributed by atoms with van der Waals surface area (Å²) in [5, 5.41) is 20.5. The maximum absolute atomic E-state index is 11.9. The van der Waals surface area contributed by atoms with Crippen LogP contribution in [0, 0.1) is 5.41 Å². The Kier molecular flexibility index (Phi) is 3.88. The summed E-state index contributed by atoms with van der Waals surface area (Å²) in [6.07, 6.45) is 2.88. The number of hydrogen-bond acceptors (Lipinski definition) is 5. The van der Waals surface area contributed by atoms with Gasteiger partial charge in [0.05, 0.1) is 18.0 Å². The molecule has 2 rings (SSSR count). The van der Waals surface area contributed by atoms with Crippen LogP contribution in [-0.2, 0) is 4.79 Å². The van der Waals surface area contributed by atoms with E-state index in [2.05, 4.69) is 20.5 Å². The van der Waals surface area contributed by atoms with Gasteiger partial charge in [-0.2, -0.15) is 0 Å². The van der Waals surface area contributed by atoms with Crippen molar-refractivity contribution in [1.29, 1.82) is 0 Å². The predicted molar refractivity (Wildman–Crippen MR) is 74.6 cm³/mol. The number of aromatic nitrogens is 5. The Balaban J connectivity index is 2.55. The number of aliphatic carboxylic acids is 1. The molecule has 0 radical (unpaired) electrons. The van der Waals surface area contributed by atoms with E-state index in [1.54, 1.807) is 0 Å². The Morgan fingerprint density at radius 3 is 2.76 bits per heavy atom. The first-order chi connectivity index (χ1) is 9.80. The fraction of sp³-hybridized carbons (Fsp3) is 0.462. The SMILES string of the molecule is CC(C)(C)C(CC(=O)O)n1nnnc1-c1c[nH]ccc1=O. The third kappa shape index (κ3) is 3.15. The number of H-pyrrole nitrogens is 1. The number of rotatable bonds is 4. The van der Waals surface area contributed by atoms with E-state index < -0.39 is 12.0 Å². The van der Waals surface area contributed by atoms with Crippen molar-refractivity contribution in [1.82, 2.24) is 25.2 Å². The molecule has 2 aromatic rings. The van der Waals surface area contributed by atoms with Crippen molar-refractivity contribution in [3.05, 3.63) is 28.7 Å². The van der Waals surface area contributed by atoms with Gasteiger partial charge in [-0.1, -0.05) is 20.8 Å². The second-order valence-corrected chi connectivity index (χ2v) is 5.85. The molecular formula is C13H17N5O3. The van der Waals surface area contributed by atoms with E-state index >= 15 is 0 Å². The summed E-state index contributed by atoms with van der Waals surface area (Å²) in [6, 6.07) is 0.900. The summed E-state index contributed by atoms with van der Waals surface area (Å²) in [7, 11) is 0. The lowest BCUT2D eigenvalue weighted by atomic mass is 9.84. The van der Waals surface area contributed by atoms with Gasteiger partial charge in [0, 0.05) is 18.5 Å². The molecule has 0 aliphatic carbocycles. The van der Waals surface area contributed by atoms with Crippen LogP contribution < -0.4 is 5.43 Å². The molecular weight excluding hydrogens is 274 g/mol. The van der Waals surface area contributed by atoms with Crippen molar-refractivity contribution in [2.24, 2.45) is 5.41 Å². The standard InChI is InChI=1S/C13H17N5O3/c1-13(2,3)10(6-11(20)21)18-12(15-16-17-18)8-7-14-5-4-9(8)19/h4-5,7,10H,6H2,1-3H3,(H,14,19)(H,20,21). The van der Waals surface area contributed by atoms with E-state index in [-0.39, 0.29) is 23.1 Å². The Hall–Kier alpha value is -2.51. The number of pyridine rings is 1. The van der Waals surface area contributed by atoms with Crippen LogP contribution in [0.3, 0.4) is 0 Å². The molecule has 0 amide bonds. The maximum atomic E-state index is 11.9. The van der Waals surface area contributed by atoms with Crippen LogP contribution in [0.15, 0.2) is 23.3 Å². The predicted octanol–water partition coefficient (Wildman–Crippen LogP) is 1.09. The van der Waals surface area contributed by atoms with Crippen LogP contribution in [0.2, 0.25) is 0 Å². The first kappa shape index (κ1) is 14.9. The summed E-state index contributed by atoms with van der Waals surface area (Å²) in [5.74, 6) is -0.684. The lowest BCUT2D eigenvalue weighted by molar-refractivity contribution is -0.138. The fourth-order valence-corrected chi connectivity index (χ4v) is 2.10. The van der Waals surface area contributed by atoms with E-state index in [1.165, 1.54) is 23.1 Å². The monoisotopic (exact) mass is 291 g/mol. The minimum Gasteiger partial charge on any atom is -0.481 e. The molecule has 8 nitrogen and oxygen atoms in total. The molecule has 2 N–H and O–H groups in total. The normalized spacial score (nSPS) is 13.1. The summed E-state index contributed by atoms with van der Waals surface area (Å²) in [6.45, 7) is 5.71. The summed E-state index contributed by atoms with van der Waals surface area (Å²) >= 11 is 0. The van der Waals surface area contributed by atoms with E-state index in [9.17, 15) is 9.59 Å². The Labute approximate surface area is 120 Å². The number of carboxylic acids is 1. The molecule has 2 aromatic heterocycles. The first-order valence-corrected chi connectivity index (χ1v) is 6.48. The van der Waals surface area contributed by atoms with Gasteiger partial charge in [-0.05, 0) is 15.8 Å².